The number of aromatic nitrogens is 2. The fraction of sp³-hybridized carbons (Fsp3) is 0.733. The van der Waals surface area contributed by atoms with Gasteiger partial charge in [0.15, 0.2) is 0 Å². The SMILES string of the molecule is CCN(CCNC(C)C)c1cc(C)nc(C(C)C)n1. The molecule has 0 atom stereocenters. The second-order valence-electron chi connectivity index (χ2n) is 5.57. The molecule has 0 spiro atoms. The van der Waals surface area contributed by atoms with E-state index in [9.17, 15) is 0 Å². The van der Waals surface area contributed by atoms with E-state index in [4.69, 9.17) is 0 Å². The third-order valence-electron chi connectivity index (χ3n) is 3.01. The summed E-state index contributed by atoms with van der Waals surface area (Å²) in [7, 11) is 0. The Bertz CT molecular complexity index is 388. The Labute approximate surface area is 117 Å². The zero-order valence-electron chi connectivity index (χ0n) is 13.2. The molecule has 108 valence electrons. The molecule has 0 amide bonds. The highest BCUT2D eigenvalue weighted by molar-refractivity contribution is 5.39. The number of rotatable bonds is 7. The summed E-state index contributed by atoms with van der Waals surface area (Å²) in [6.07, 6.45) is 0. The van der Waals surface area contributed by atoms with E-state index >= 15 is 0 Å². The highest BCUT2D eigenvalue weighted by Crippen LogP contribution is 2.16. The highest BCUT2D eigenvalue weighted by Gasteiger charge is 2.11. The van der Waals surface area contributed by atoms with Crippen LogP contribution in [0, 0.1) is 6.92 Å². The van der Waals surface area contributed by atoms with Crippen molar-refractivity contribution in [1.29, 1.82) is 0 Å². The number of nitrogens with zero attached hydrogens (tertiary/aromatic N) is 3. The molecule has 0 saturated carbocycles. The molecule has 19 heavy (non-hydrogen) atoms. The third kappa shape index (κ3) is 5.15. The van der Waals surface area contributed by atoms with Crippen LogP contribution in [0.15, 0.2) is 6.07 Å². The lowest BCUT2D eigenvalue weighted by Gasteiger charge is -2.24. The van der Waals surface area contributed by atoms with E-state index in [-0.39, 0.29) is 0 Å². The zero-order valence-corrected chi connectivity index (χ0v) is 13.2. The van der Waals surface area contributed by atoms with Gasteiger partial charge in [0.1, 0.15) is 11.6 Å². The number of aryl methyl sites for hydroxylation is 1. The van der Waals surface area contributed by atoms with Gasteiger partial charge in [-0.25, -0.2) is 9.97 Å². The van der Waals surface area contributed by atoms with Crippen LogP contribution in [0.3, 0.4) is 0 Å². The molecule has 1 rings (SSSR count). The largest absolute Gasteiger partial charge is 0.356 e. The van der Waals surface area contributed by atoms with Crippen LogP contribution in [-0.4, -0.2) is 35.6 Å². The van der Waals surface area contributed by atoms with Crippen molar-refractivity contribution in [3.8, 4) is 0 Å². The van der Waals surface area contributed by atoms with Crippen molar-refractivity contribution >= 4 is 5.82 Å². The summed E-state index contributed by atoms with van der Waals surface area (Å²) < 4.78 is 0. The molecule has 1 heterocycles. The minimum atomic E-state index is 0.367. The van der Waals surface area contributed by atoms with Crippen molar-refractivity contribution in [2.45, 2.75) is 53.5 Å². The summed E-state index contributed by atoms with van der Waals surface area (Å²) in [4.78, 5) is 11.5. The third-order valence-corrected chi connectivity index (χ3v) is 3.01. The monoisotopic (exact) mass is 264 g/mol. The maximum Gasteiger partial charge on any atom is 0.133 e. The molecule has 1 N–H and O–H groups in total. The normalized spacial score (nSPS) is 11.4. The van der Waals surface area contributed by atoms with E-state index in [1.165, 1.54) is 0 Å². The van der Waals surface area contributed by atoms with E-state index in [2.05, 4.69) is 60.9 Å². The topological polar surface area (TPSA) is 41.0 Å². The lowest BCUT2D eigenvalue weighted by atomic mass is 10.2. The number of nitrogens with one attached hydrogen (secondary N) is 1. The number of hydrogen-bond acceptors (Lipinski definition) is 4. The lowest BCUT2D eigenvalue weighted by molar-refractivity contribution is 0.581. The van der Waals surface area contributed by atoms with Crippen LogP contribution in [0.25, 0.3) is 0 Å². The summed E-state index contributed by atoms with van der Waals surface area (Å²) >= 11 is 0. The van der Waals surface area contributed by atoms with Gasteiger partial charge in [0.2, 0.25) is 0 Å². The second-order valence-corrected chi connectivity index (χ2v) is 5.57. The molecule has 4 nitrogen and oxygen atoms in total. The molecule has 4 heteroatoms. The molecule has 1 aromatic heterocycles. The number of anilines is 1. The summed E-state index contributed by atoms with van der Waals surface area (Å²) in [6.45, 7) is 15.7. The zero-order chi connectivity index (χ0) is 14.4. The first kappa shape index (κ1) is 15.9. The Morgan fingerprint density at radius 3 is 2.42 bits per heavy atom. The fourth-order valence-corrected chi connectivity index (χ4v) is 1.92. The smallest absolute Gasteiger partial charge is 0.133 e. The first-order valence-electron chi connectivity index (χ1n) is 7.28. The van der Waals surface area contributed by atoms with Crippen LogP contribution in [0.5, 0.6) is 0 Å². The van der Waals surface area contributed by atoms with Gasteiger partial charge >= 0.3 is 0 Å². The molecule has 0 aliphatic heterocycles. The van der Waals surface area contributed by atoms with Gasteiger partial charge in [-0.05, 0) is 13.8 Å². The van der Waals surface area contributed by atoms with Crippen molar-refractivity contribution in [2.24, 2.45) is 0 Å². The fourth-order valence-electron chi connectivity index (χ4n) is 1.92. The Morgan fingerprint density at radius 1 is 1.21 bits per heavy atom. The van der Waals surface area contributed by atoms with Crippen LogP contribution in [-0.2, 0) is 0 Å². The molecule has 0 unspecified atom stereocenters. The number of likely N-dealkylation sites (N-methyl/N-ethyl adjacent to an activating group) is 1. The van der Waals surface area contributed by atoms with Gasteiger partial charge in [0.25, 0.3) is 0 Å². The van der Waals surface area contributed by atoms with E-state index < -0.39 is 0 Å². The van der Waals surface area contributed by atoms with Gasteiger partial charge < -0.3 is 10.2 Å². The molecule has 1 aromatic rings. The van der Waals surface area contributed by atoms with E-state index in [1.54, 1.807) is 0 Å². The van der Waals surface area contributed by atoms with Gasteiger partial charge in [-0.1, -0.05) is 27.7 Å². The molecule has 0 aliphatic rings. The molecular formula is C15H28N4. The van der Waals surface area contributed by atoms with E-state index in [1.807, 2.05) is 6.92 Å². The summed E-state index contributed by atoms with van der Waals surface area (Å²) in [6, 6.07) is 2.60. The second kappa shape index (κ2) is 7.43. The summed E-state index contributed by atoms with van der Waals surface area (Å²) in [5.74, 6) is 2.35. The Morgan fingerprint density at radius 2 is 1.89 bits per heavy atom. The van der Waals surface area contributed by atoms with Gasteiger partial charge in [-0.15, -0.1) is 0 Å². The van der Waals surface area contributed by atoms with Crippen LogP contribution in [0.4, 0.5) is 5.82 Å². The summed E-state index contributed by atoms with van der Waals surface area (Å²) in [5, 5.41) is 3.45. The lowest BCUT2D eigenvalue weighted by Crippen LogP contribution is -2.35. The molecular weight excluding hydrogens is 236 g/mol. The Balaban J connectivity index is 2.79. The maximum absolute atomic E-state index is 4.69. The molecule has 0 saturated heterocycles. The van der Waals surface area contributed by atoms with Crippen LogP contribution in [0.2, 0.25) is 0 Å². The molecule has 0 radical (unpaired) electrons. The van der Waals surface area contributed by atoms with Gasteiger partial charge in [0, 0.05) is 43.4 Å². The van der Waals surface area contributed by atoms with Crippen LogP contribution in [0.1, 0.15) is 52.1 Å². The minimum absolute atomic E-state index is 0.367. The molecule has 0 aliphatic carbocycles. The van der Waals surface area contributed by atoms with Gasteiger partial charge in [-0.2, -0.15) is 0 Å². The van der Waals surface area contributed by atoms with E-state index in [0.29, 0.717) is 12.0 Å². The average molecular weight is 264 g/mol. The predicted octanol–water partition coefficient (Wildman–Crippen LogP) is 2.73. The average Bonchev–Trinajstić information content (AvgIpc) is 2.33. The first-order chi connectivity index (χ1) is 8.93. The van der Waals surface area contributed by atoms with Crippen molar-refractivity contribution in [2.75, 3.05) is 24.5 Å². The van der Waals surface area contributed by atoms with Crippen molar-refractivity contribution in [3.63, 3.8) is 0 Å². The first-order valence-corrected chi connectivity index (χ1v) is 7.28. The molecule has 0 bridgehead atoms. The standard InChI is InChI=1S/C15H28N4/c1-7-19(9-8-16-12(4)5)14-10-13(6)17-15(18-14)11(2)3/h10-12,16H,7-9H2,1-6H3. The van der Waals surface area contributed by atoms with Crippen LogP contribution < -0.4 is 10.2 Å². The quantitative estimate of drug-likeness (QED) is 0.822. The maximum atomic E-state index is 4.69. The van der Waals surface area contributed by atoms with Crippen LogP contribution >= 0.6 is 0 Å². The Kier molecular flexibility index (Phi) is 6.22. The minimum Gasteiger partial charge on any atom is -0.356 e. The molecule has 0 aromatic carbocycles. The summed E-state index contributed by atoms with van der Waals surface area (Å²) in [5.41, 5.74) is 1.05. The van der Waals surface area contributed by atoms with Gasteiger partial charge in [-0.3, -0.25) is 0 Å². The van der Waals surface area contributed by atoms with Crippen molar-refractivity contribution in [3.05, 3.63) is 17.6 Å². The van der Waals surface area contributed by atoms with Gasteiger partial charge in [0.05, 0.1) is 0 Å². The Hall–Kier alpha value is -1.16. The van der Waals surface area contributed by atoms with Crippen molar-refractivity contribution < 1.29 is 0 Å². The van der Waals surface area contributed by atoms with Crippen molar-refractivity contribution in [1.82, 2.24) is 15.3 Å². The molecule has 0 fully saturated rings. The predicted molar refractivity (Wildman–Crippen MR) is 81.9 cm³/mol. The number of hydrogen-bond donors (Lipinski definition) is 1. The van der Waals surface area contributed by atoms with E-state index in [0.717, 1.165) is 37.0 Å². The highest BCUT2D eigenvalue weighted by atomic mass is 15.2.